The van der Waals surface area contributed by atoms with Crippen molar-refractivity contribution in [3.8, 4) is 0 Å². The van der Waals surface area contributed by atoms with Crippen molar-refractivity contribution in [2.75, 3.05) is 13.1 Å². The summed E-state index contributed by atoms with van der Waals surface area (Å²) in [7, 11) is 0. The number of carbonyl (C=O) groups excluding carboxylic acids is 1. The molecule has 0 spiro atoms. The molecule has 1 aliphatic heterocycles. The number of piperidine rings is 1. The zero-order valence-corrected chi connectivity index (χ0v) is 12.7. The van der Waals surface area contributed by atoms with Crippen LogP contribution in [-0.4, -0.2) is 40.0 Å². The van der Waals surface area contributed by atoms with Crippen molar-refractivity contribution in [2.45, 2.75) is 18.3 Å². The Morgan fingerprint density at radius 1 is 1.04 bits per heavy atom. The number of likely N-dealkylation sites (tertiary alicyclic amines) is 1. The first kappa shape index (κ1) is 15.2. The van der Waals surface area contributed by atoms with Gasteiger partial charge in [-0.2, -0.15) is 0 Å². The van der Waals surface area contributed by atoms with Gasteiger partial charge in [-0.25, -0.2) is 0 Å². The second-order valence-corrected chi connectivity index (χ2v) is 5.79. The predicted octanol–water partition coefficient (Wildman–Crippen LogP) is 2.34. The smallest absolute Gasteiger partial charge is 0.314 e. The van der Waals surface area contributed by atoms with Crippen molar-refractivity contribution in [1.82, 2.24) is 9.88 Å². The van der Waals surface area contributed by atoms with Crippen molar-refractivity contribution in [3.63, 3.8) is 0 Å². The first-order valence-corrected chi connectivity index (χ1v) is 7.62. The number of aliphatic carboxylic acids is 1. The summed E-state index contributed by atoms with van der Waals surface area (Å²) >= 11 is 0. The van der Waals surface area contributed by atoms with E-state index in [9.17, 15) is 14.7 Å². The number of carboxylic acid groups (broad SMARTS) is 1. The van der Waals surface area contributed by atoms with Gasteiger partial charge in [-0.3, -0.25) is 14.6 Å². The molecule has 1 saturated heterocycles. The summed E-state index contributed by atoms with van der Waals surface area (Å²) in [5.41, 5.74) is 0.434. The number of benzene rings is 1. The maximum atomic E-state index is 12.5. The molecule has 1 aliphatic rings. The number of hydrogen-bond donors (Lipinski definition) is 1. The lowest BCUT2D eigenvalue weighted by Gasteiger charge is -2.39. The molecule has 5 heteroatoms. The van der Waals surface area contributed by atoms with E-state index in [2.05, 4.69) is 4.98 Å². The Morgan fingerprint density at radius 3 is 2.30 bits per heavy atom. The molecule has 118 valence electrons. The minimum absolute atomic E-state index is 0.0925. The third-order valence-corrected chi connectivity index (χ3v) is 4.55. The average molecular weight is 310 g/mol. The van der Waals surface area contributed by atoms with Gasteiger partial charge in [0.1, 0.15) is 0 Å². The van der Waals surface area contributed by atoms with E-state index in [1.54, 1.807) is 29.4 Å². The summed E-state index contributed by atoms with van der Waals surface area (Å²) < 4.78 is 0. The van der Waals surface area contributed by atoms with E-state index in [1.807, 2.05) is 30.3 Å². The maximum absolute atomic E-state index is 12.5. The van der Waals surface area contributed by atoms with Gasteiger partial charge in [0.15, 0.2) is 0 Å². The van der Waals surface area contributed by atoms with Crippen LogP contribution in [0, 0.1) is 0 Å². The number of nitrogens with zero attached hydrogens (tertiary/aromatic N) is 2. The molecule has 1 amide bonds. The zero-order chi connectivity index (χ0) is 16.3. The molecule has 2 aromatic rings. The van der Waals surface area contributed by atoms with Crippen molar-refractivity contribution in [2.24, 2.45) is 0 Å². The predicted molar refractivity (Wildman–Crippen MR) is 85.1 cm³/mol. The van der Waals surface area contributed by atoms with Gasteiger partial charge in [-0.15, -0.1) is 0 Å². The van der Waals surface area contributed by atoms with E-state index in [4.69, 9.17) is 0 Å². The molecule has 0 aliphatic carbocycles. The molecule has 0 unspecified atom stereocenters. The zero-order valence-electron chi connectivity index (χ0n) is 12.7. The summed E-state index contributed by atoms with van der Waals surface area (Å²) in [6, 6.07) is 12.7. The average Bonchev–Trinajstić information content (AvgIpc) is 2.62. The van der Waals surface area contributed by atoms with Crippen molar-refractivity contribution in [1.29, 1.82) is 0 Å². The van der Waals surface area contributed by atoms with Gasteiger partial charge in [0, 0.05) is 25.5 Å². The summed E-state index contributed by atoms with van der Waals surface area (Å²) in [6.45, 7) is 0.851. The number of aromatic nitrogens is 1. The van der Waals surface area contributed by atoms with Gasteiger partial charge in [0.25, 0.3) is 5.91 Å². The van der Waals surface area contributed by atoms with Crippen molar-refractivity contribution < 1.29 is 14.7 Å². The minimum atomic E-state index is -0.910. The number of carbonyl (C=O) groups is 2. The molecule has 3 rings (SSSR count). The summed E-state index contributed by atoms with van der Waals surface area (Å²) in [6.07, 6.45) is 3.99. The molecular weight excluding hydrogens is 292 g/mol. The Hall–Kier alpha value is -2.69. The van der Waals surface area contributed by atoms with Crippen LogP contribution in [0.4, 0.5) is 0 Å². The lowest BCUT2D eigenvalue weighted by Crippen LogP contribution is -2.49. The Bertz CT molecular complexity index is 693. The van der Waals surface area contributed by atoms with E-state index in [0.717, 1.165) is 5.56 Å². The molecule has 1 fully saturated rings. The van der Waals surface area contributed by atoms with Gasteiger partial charge in [0.2, 0.25) is 0 Å². The molecule has 23 heavy (non-hydrogen) atoms. The van der Waals surface area contributed by atoms with E-state index in [0.29, 0.717) is 31.5 Å². The van der Waals surface area contributed by atoms with Gasteiger partial charge < -0.3 is 10.0 Å². The van der Waals surface area contributed by atoms with Crippen LogP contribution in [0.25, 0.3) is 0 Å². The van der Waals surface area contributed by atoms with Crippen LogP contribution in [0.15, 0.2) is 54.9 Å². The van der Waals surface area contributed by atoms with Crippen LogP contribution in [0.5, 0.6) is 0 Å². The highest BCUT2D eigenvalue weighted by Crippen LogP contribution is 2.36. The highest BCUT2D eigenvalue weighted by atomic mass is 16.4. The highest BCUT2D eigenvalue weighted by molar-refractivity contribution is 5.94. The number of hydrogen-bond acceptors (Lipinski definition) is 3. The molecule has 0 atom stereocenters. The third-order valence-electron chi connectivity index (χ3n) is 4.55. The van der Waals surface area contributed by atoms with E-state index >= 15 is 0 Å². The van der Waals surface area contributed by atoms with Crippen LogP contribution in [0.3, 0.4) is 0 Å². The number of amides is 1. The monoisotopic (exact) mass is 310 g/mol. The molecule has 1 aromatic carbocycles. The van der Waals surface area contributed by atoms with Crippen LogP contribution in [-0.2, 0) is 10.2 Å². The highest BCUT2D eigenvalue weighted by Gasteiger charge is 2.43. The second-order valence-electron chi connectivity index (χ2n) is 5.79. The fourth-order valence-corrected chi connectivity index (χ4v) is 3.15. The normalized spacial score (nSPS) is 16.8. The molecule has 1 N–H and O–H groups in total. The largest absolute Gasteiger partial charge is 0.481 e. The van der Waals surface area contributed by atoms with E-state index in [1.165, 1.54) is 0 Å². The molecule has 5 nitrogen and oxygen atoms in total. The Balaban J connectivity index is 1.79. The minimum Gasteiger partial charge on any atom is -0.481 e. The van der Waals surface area contributed by atoms with Gasteiger partial charge in [-0.05, 0) is 30.5 Å². The van der Waals surface area contributed by atoms with Crippen LogP contribution < -0.4 is 0 Å². The third kappa shape index (κ3) is 2.82. The molecule has 1 aromatic heterocycles. The molecule has 0 bridgehead atoms. The molecule has 0 radical (unpaired) electrons. The van der Waals surface area contributed by atoms with Crippen molar-refractivity contribution >= 4 is 11.9 Å². The quantitative estimate of drug-likeness (QED) is 0.944. The van der Waals surface area contributed by atoms with E-state index < -0.39 is 11.4 Å². The summed E-state index contributed by atoms with van der Waals surface area (Å²) in [5.74, 6) is -0.915. The van der Waals surface area contributed by atoms with Gasteiger partial charge in [-0.1, -0.05) is 30.3 Å². The molecule has 0 saturated carbocycles. The SMILES string of the molecule is O=C(c1cccnc1)N1CCC(C(=O)O)(c2ccccc2)CC1. The first-order valence-electron chi connectivity index (χ1n) is 7.62. The second kappa shape index (κ2) is 6.20. The number of carboxylic acids is 1. The van der Waals surface area contributed by atoms with Gasteiger partial charge >= 0.3 is 5.97 Å². The summed E-state index contributed by atoms with van der Waals surface area (Å²) in [4.78, 5) is 30.0. The lowest BCUT2D eigenvalue weighted by atomic mass is 9.73. The summed E-state index contributed by atoms with van der Waals surface area (Å²) in [5, 5.41) is 9.77. The Morgan fingerprint density at radius 2 is 1.74 bits per heavy atom. The topological polar surface area (TPSA) is 70.5 Å². The van der Waals surface area contributed by atoms with Crippen LogP contribution >= 0.6 is 0 Å². The van der Waals surface area contributed by atoms with Gasteiger partial charge in [0.05, 0.1) is 11.0 Å². The fraction of sp³-hybridized carbons (Fsp3) is 0.278. The van der Waals surface area contributed by atoms with Crippen molar-refractivity contribution in [3.05, 3.63) is 66.0 Å². The Kier molecular flexibility index (Phi) is 4.10. The Labute approximate surface area is 134 Å². The fourth-order valence-electron chi connectivity index (χ4n) is 3.15. The first-order chi connectivity index (χ1) is 11.1. The maximum Gasteiger partial charge on any atom is 0.314 e. The number of rotatable bonds is 3. The van der Waals surface area contributed by atoms with Crippen LogP contribution in [0.2, 0.25) is 0 Å². The number of pyridine rings is 1. The van der Waals surface area contributed by atoms with E-state index in [-0.39, 0.29) is 5.91 Å². The molecular formula is C18H18N2O3. The lowest BCUT2D eigenvalue weighted by molar-refractivity contribution is -0.145. The molecule has 2 heterocycles. The standard InChI is InChI=1S/C18H18N2O3/c21-16(14-5-4-10-19-13-14)20-11-8-18(9-12-20,17(22)23)15-6-2-1-3-7-15/h1-7,10,13H,8-9,11-12H2,(H,22,23). The van der Waals surface area contributed by atoms with Crippen LogP contribution in [0.1, 0.15) is 28.8 Å².